The number of aryl methyl sites for hydroxylation is 1. The Morgan fingerprint density at radius 2 is 2.00 bits per heavy atom. The molecule has 0 radical (unpaired) electrons. The Labute approximate surface area is 207 Å². The van der Waals surface area contributed by atoms with Gasteiger partial charge in [-0.2, -0.15) is 0 Å². The van der Waals surface area contributed by atoms with Crippen LogP contribution in [0.15, 0.2) is 24.7 Å². The number of ether oxygens (including phenoxy) is 3. The van der Waals surface area contributed by atoms with Gasteiger partial charge < -0.3 is 14.2 Å². The maximum atomic E-state index is 12.9. The largest absolute Gasteiger partial charge is 0.574 e. The van der Waals surface area contributed by atoms with E-state index < -0.39 is 28.3 Å². The molecular weight excluding hydrogens is 531 g/mol. The highest BCUT2D eigenvalue weighted by Crippen LogP contribution is 2.42. The smallest absolute Gasteiger partial charge is 0.485 e. The molecule has 0 aliphatic carbocycles. The minimum absolute atomic E-state index is 0.00831. The monoisotopic (exact) mass is 549 g/mol. The second-order valence-corrected chi connectivity index (χ2v) is 9.65. The molecule has 0 bridgehead atoms. The second kappa shape index (κ2) is 10.4. The lowest BCUT2D eigenvalue weighted by Gasteiger charge is -2.19. The van der Waals surface area contributed by atoms with Gasteiger partial charge in [0.1, 0.15) is 12.4 Å². The highest BCUT2D eigenvalue weighted by Gasteiger charge is 2.37. The predicted octanol–water partition coefficient (Wildman–Crippen LogP) is 2.64. The van der Waals surface area contributed by atoms with Crippen LogP contribution in [-0.2, 0) is 21.2 Å². The molecule has 4 heterocycles. The summed E-state index contributed by atoms with van der Waals surface area (Å²) in [5, 5.41) is 8.26. The number of hydrogen-bond acceptors (Lipinski definition) is 10. The number of sulfonamides is 1. The van der Waals surface area contributed by atoms with Crippen LogP contribution < -0.4 is 14.2 Å². The summed E-state index contributed by atoms with van der Waals surface area (Å²) < 4.78 is 83.1. The maximum Gasteiger partial charge on any atom is 0.574 e. The number of anilines is 1. The molecule has 1 aliphatic heterocycles. The van der Waals surface area contributed by atoms with Gasteiger partial charge in [0.2, 0.25) is 16.0 Å². The molecule has 1 N–H and O–H groups in total. The number of aromatic nitrogens is 6. The number of rotatable bonds is 9. The molecule has 3 aromatic heterocycles. The highest BCUT2D eigenvalue weighted by molar-refractivity contribution is 7.92. The van der Waals surface area contributed by atoms with E-state index in [1.807, 2.05) is 0 Å². The molecule has 4 rings (SSSR count). The molecule has 1 atom stereocenters. The number of fused-ring (bicyclic) bond motifs is 3. The SMILES string of the molecule is CCOC[C@H]1COc2c(ccnc2OC(F)(F)F)-c2nnc(NS(=O)(=O)CCc3ncc(Cl)cn3)n21. The molecule has 194 valence electrons. The summed E-state index contributed by atoms with van der Waals surface area (Å²) in [6, 6.07) is 0.663. The van der Waals surface area contributed by atoms with Crippen LogP contribution in [0.25, 0.3) is 11.4 Å². The van der Waals surface area contributed by atoms with Crippen LogP contribution >= 0.6 is 11.6 Å². The van der Waals surface area contributed by atoms with E-state index in [0.717, 1.165) is 6.20 Å². The average Bonchev–Trinajstić information content (AvgIpc) is 3.13. The molecule has 0 amide bonds. The number of pyridine rings is 1. The minimum Gasteiger partial charge on any atom is -0.485 e. The van der Waals surface area contributed by atoms with Crippen LogP contribution in [0.2, 0.25) is 5.02 Å². The number of nitrogens with zero attached hydrogens (tertiary/aromatic N) is 6. The summed E-state index contributed by atoms with van der Waals surface area (Å²) in [6.45, 7) is 1.91. The molecule has 3 aromatic rings. The van der Waals surface area contributed by atoms with Crippen LogP contribution in [-0.4, -0.2) is 70.1 Å². The van der Waals surface area contributed by atoms with Crippen LogP contribution in [0.3, 0.4) is 0 Å². The van der Waals surface area contributed by atoms with Crippen LogP contribution in [0.1, 0.15) is 18.8 Å². The molecule has 0 spiro atoms. The lowest BCUT2D eigenvalue weighted by atomic mass is 10.2. The summed E-state index contributed by atoms with van der Waals surface area (Å²) in [6.07, 6.45) is -1.23. The fraction of sp³-hybridized carbons (Fsp3) is 0.421. The molecule has 12 nitrogen and oxygen atoms in total. The third-order valence-corrected chi connectivity index (χ3v) is 6.27. The van der Waals surface area contributed by atoms with Crippen molar-refractivity contribution in [3.8, 4) is 23.0 Å². The van der Waals surface area contributed by atoms with Gasteiger partial charge in [-0.1, -0.05) is 11.6 Å². The molecule has 1 aliphatic rings. The number of hydrogen-bond donors (Lipinski definition) is 1. The van der Waals surface area contributed by atoms with E-state index in [2.05, 4.69) is 34.6 Å². The normalized spacial score (nSPS) is 15.4. The predicted molar refractivity (Wildman–Crippen MR) is 119 cm³/mol. The molecular formula is C19H19ClF3N7O5S. The first kappa shape index (κ1) is 25.8. The van der Waals surface area contributed by atoms with Crippen LogP contribution in [0, 0.1) is 0 Å². The standard InChI is InChI=1S/C19H19ClF3N7O5S/c1-2-33-9-12-10-34-15-13(3-5-24-17(15)35-19(21,22)23)16-27-28-18(30(12)16)29-36(31,32)6-4-14-25-7-11(20)8-26-14/h3,5,7-8,12H,2,4,6,9-10H2,1H3,(H,28,29)/t12-/m0/s1. The van der Waals surface area contributed by atoms with Gasteiger partial charge in [0.15, 0.2) is 11.6 Å². The number of nitrogens with one attached hydrogen (secondary N) is 1. The van der Waals surface area contributed by atoms with E-state index in [-0.39, 0.29) is 54.3 Å². The van der Waals surface area contributed by atoms with Crippen molar-refractivity contribution in [3.05, 3.63) is 35.5 Å². The molecule has 17 heteroatoms. The van der Waals surface area contributed by atoms with Gasteiger partial charge in [0.05, 0.1) is 29.0 Å². The fourth-order valence-electron chi connectivity index (χ4n) is 3.33. The Bertz CT molecular complexity index is 1320. The van der Waals surface area contributed by atoms with Crippen molar-refractivity contribution in [1.82, 2.24) is 29.7 Å². The van der Waals surface area contributed by atoms with Gasteiger partial charge >= 0.3 is 6.36 Å². The Hall–Kier alpha value is -3.24. The Balaban J connectivity index is 1.66. The zero-order valence-electron chi connectivity index (χ0n) is 18.6. The molecule has 0 unspecified atom stereocenters. The lowest BCUT2D eigenvalue weighted by molar-refractivity contribution is -0.276. The Morgan fingerprint density at radius 1 is 1.25 bits per heavy atom. The summed E-state index contributed by atoms with van der Waals surface area (Å²) in [5.74, 6) is -1.36. The zero-order valence-corrected chi connectivity index (χ0v) is 20.1. The third kappa shape index (κ3) is 6.11. The maximum absolute atomic E-state index is 12.9. The van der Waals surface area contributed by atoms with Crippen molar-refractivity contribution in [2.45, 2.75) is 25.7 Å². The Kier molecular flexibility index (Phi) is 7.46. The first-order chi connectivity index (χ1) is 17.1. The zero-order chi connectivity index (χ0) is 25.9. The lowest BCUT2D eigenvalue weighted by Crippen LogP contribution is -2.26. The van der Waals surface area contributed by atoms with Gasteiger partial charge in [-0.15, -0.1) is 23.4 Å². The van der Waals surface area contributed by atoms with Gasteiger partial charge in [-0.3, -0.25) is 9.29 Å². The van der Waals surface area contributed by atoms with Gasteiger partial charge in [0.25, 0.3) is 5.88 Å². The summed E-state index contributed by atoms with van der Waals surface area (Å²) in [4.78, 5) is 11.5. The van der Waals surface area contributed by atoms with E-state index in [9.17, 15) is 21.6 Å². The van der Waals surface area contributed by atoms with Crippen molar-refractivity contribution in [2.75, 3.05) is 30.3 Å². The van der Waals surface area contributed by atoms with Gasteiger partial charge in [0, 0.05) is 31.6 Å². The first-order valence-corrected chi connectivity index (χ1v) is 12.5. The van der Waals surface area contributed by atoms with E-state index >= 15 is 0 Å². The summed E-state index contributed by atoms with van der Waals surface area (Å²) in [7, 11) is -3.97. The van der Waals surface area contributed by atoms with Crippen molar-refractivity contribution in [3.63, 3.8) is 0 Å². The van der Waals surface area contributed by atoms with Crippen molar-refractivity contribution in [2.24, 2.45) is 0 Å². The summed E-state index contributed by atoms with van der Waals surface area (Å²) >= 11 is 5.74. The van der Waals surface area contributed by atoms with E-state index in [1.54, 1.807) is 6.92 Å². The second-order valence-electron chi connectivity index (χ2n) is 7.37. The Morgan fingerprint density at radius 3 is 2.69 bits per heavy atom. The number of alkyl halides is 3. The quantitative estimate of drug-likeness (QED) is 0.423. The van der Waals surface area contributed by atoms with Gasteiger partial charge in [-0.05, 0) is 13.0 Å². The molecule has 0 fully saturated rings. The summed E-state index contributed by atoms with van der Waals surface area (Å²) in [5.41, 5.74) is 0.0794. The van der Waals surface area contributed by atoms with Crippen molar-refractivity contribution < 1.29 is 35.8 Å². The van der Waals surface area contributed by atoms with E-state index in [4.69, 9.17) is 21.1 Å². The van der Waals surface area contributed by atoms with E-state index in [1.165, 1.54) is 23.0 Å². The number of halogens is 4. The third-order valence-electron chi connectivity index (χ3n) is 4.84. The van der Waals surface area contributed by atoms with Crippen molar-refractivity contribution in [1.29, 1.82) is 0 Å². The topological polar surface area (TPSA) is 143 Å². The fourth-order valence-corrected chi connectivity index (χ4v) is 4.40. The first-order valence-electron chi connectivity index (χ1n) is 10.4. The molecule has 0 saturated carbocycles. The molecule has 0 aromatic carbocycles. The highest BCUT2D eigenvalue weighted by atomic mass is 35.5. The van der Waals surface area contributed by atoms with E-state index in [0.29, 0.717) is 11.6 Å². The van der Waals surface area contributed by atoms with Gasteiger partial charge in [-0.25, -0.2) is 23.4 Å². The average molecular weight is 550 g/mol. The van der Waals surface area contributed by atoms with Crippen LogP contribution in [0.5, 0.6) is 11.6 Å². The minimum atomic E-state index is -5.01. The van der Waals surface area contributed by atoms with Crippen molar-refractivity contribution >= 4 is 27.6 Å². The molecule has 0 saturated heterocycles. The van der Waals surface area contributed by atoms with Crippen LogP contribution in [0.4, 0.5) is 19.1 Å². The molecule has 36 heavy (non-hydrogen) atoms.